The third-order valence-electron chi connectivity index (χ3n) is 4.36. The Morgan fingerprint density at radius 1 is 1.42 bits per heavy atom. The molecule has 1 aliphatic heterocycles. The number of nitrogens with zero attached hydrogens (tertiary/aromatic N) is 2. The smallest absolute Gasteiger partial charge is 0.319 e. The van der Waals surface area contributed by atoms with Crippen molar-refractivity contribution in [2.45, 2.75) is 40.0 Å². The van der Waals surface area contributed by atoms with E-state index in [4.69, 9.17) is 0 Å². The molecule has 5 nitrogen and oxygen atoms in total. The van der Waals surface area contributed by atoms with Gasteiger partial charge < -0.3 is 14.9 Å². The minimum absolute atomic E-state index is 0.0446. The Morgan fingerprint density at radius 3 is 2.47 bits per heavy atom. The lowest BCUT2D eigenvalue weighted by Gasteiger charge is -2.28. The summed E-state index contributed by atoms with van der Waals surface area (Å²) in [7, 11) is 1.79. The van der Waals surface area contributed by atoms with Crippen molar-refractivity contribution in [1.29, 1.82) is 0 Å². The Bertz CT molecular complexity index is 346. The molecular formula is C14H26N2O3. The zero-order chi connectivity index (χ0) is 14.6. The number of rotatable bonds is 5. The lowest BCUT2D eigenvalue weighted by atomic mass is 9.84. The molecule has 1 saturated heterocycles. The van der Waals surface area contributed by atoms with Crippen LogP contribution in [-0.2, 0) is 4.79 Å². The number of carboxylic acid groups (broad SMARTS) is 1. The Labute approximate surface area is 115 Å². The van der Waals surface area contributed by atoms with Crippen LogP contribution in [0.5, 0.6) is 0 Å². The summed E-state index contributed by atoms with van der Waals surface area (Å²) < 4.78 is 0. The van der Waals surface area contributed by atoms with Crippen molar-refractivity contribution in [1.82, 2.24) is 9.80 Å². The van der Waals surface area contributed by atoms with Gasteiger partial charge in [0, 0.05) is 26.7 Å². The highest BCUT2D eigenvalue weighted by molar-refractivity contribution is 5.79. The third-order valence-corrected chi connectivity index (χ3v) is 4.36. The van der Waals surface area contributed by atoms with Crippen molar-refractivity contribution in [3.05, 3.63) is 0 Å². The van der Waals surface area contributed by atoms with Gasteiger partial charge in [0.2, 0.25) is 0 Å². The van der Waals surface area contributed by atoms with E-state index in [1.165, 1.54) is 0 Å². The van der Waals surface area contributed by atoms with Crippen molar-refractivity contribution < 1.29 is 14.7 Å². The molecule has 1 rings (SSSR count). The van der Waals surface area contributed by atoms with Crippen LogP contribution in [0.3, 0.4) is 0 Å². The molecule has 2 atom stereocenters. The quantitative estimate of drug-likeness (QED) is 0.833. The first-order valence-electron chi connectivity index (χ1n) is 7.09. The van der Waals surface area contributed by atoms with E-state index >= 15 is 0 Å². The number of amides is 2. The van der Waals surface area contributed by atoms with Gasteiger partial charge in [-0.15, -0.1) is 0 Å². The van der Waals surface area contributed by atoms with Crippen LogP contribution in [0.1, 0.15) is 40.0 Å². The van der Waals surface area contributed by atoms with Gasteiger partial charge in [-0.2, -0.15) is 0 Å². The second-order valence-corrected chi connectivity index (χ2v) is 5.79. The van der Waals surface area contributed by atoms with Gasteiger partial charge in [0.25, 0.3) is 0 Å². The number of hydrogen-bond donors (Lipinski definition) is 1. The number of urea groups is 1. The van der Waals surface area contributed by atoms with Crippen LogP contribution in [0.25, 0.3) is 0 Å². The minimum Gasteiger partial charge on any atom is -0.481 e. The van der Waals surface area contributed by atoms with Crippen LogP contribution < -0.4 is 0 Å². The molecule has 0 radical (unpaired) electrons. The first-order chi connectivity index (χ1) is 8.86. The molecule has 19 heavy (non-hydrogen) atoms. The van der Waals surface area contributed by atoms with Gasteiger partial charge in [-0.1, -0.05) is 27.2 Å². The molecule has 1 aliphatic rings. The van der Waals surface area contributed by atoms with Gasteiger partial charge in [0.05, 0.1) is 5.41 Å². The predicted molar refractivity (Wildman–Crippen MR) is 74.0 cm³/mol. The summed E-state index contributed by atoms with van der Waals surface area (Å²) in [5.41, 5.74) is -0.743. The zero-order valence-electron chi connectivity index (χ0n) is 12.5. The summed E-state index contributed by atoms with van der Waals surface area (Å²) in [6.45, 7) is 7.70. The summed E-state index contributed by atoms with van der Waals surface area (Å²) >= 11 is 0. The first-order valence-corrected chi connectivity index (χ1v) is 7.09. The number of aliphatic carboxylic acids is 1. The molecule has 2 unspecified atom stereocenters. The fraction of sp³-hybridized carbons (Fsp3) is 0.857. The standard InChI is InChI=1S/C14H26N2O3/c1-5-11(3)9-15(4)13(19)16-8-7-14(6-2,10-16)12(17)18/h11H,5-10H2,1-4H3,(H,17,18). The third kappa shape index (κ3) is 3.39. The monoisotopic (exact) mass is 270 g/mol. The Hall–Kier alpha value is -1.26. The average molecular weight is 270 g/mol. The second-order valence-electron chi connectivity index (χ2n) is 5.79. The Morgan fingerprint density at radius 2 is 2.05 bits per heavy atom. The summed E-state index contributed by atoms with van der Waals surface area (Å²) in [4.78, 5) is 27.0. The summed E-state index contributed by atoms with van der Waals surface area (Å²) in [6.07, 6.45) is 2.16. The highest BCUT2D eigenvalue weighted by Crippen LogP contribution is 2.34. The van der Waals surface area contributed by atoms with E-state index in [0.717, 1.165) is 13.0 Å². The maximum absolute atomic E-state index is 12.3. The molecule has 0 aromatic rings. The molecule has 0 bridgehead atoms. The van der Waals surface area contributed by atoms with Crippen LogP contribution in [0, 0.1) is 11.3 Å². The Kier molecular flexibility index (Phi) is 5.20. The van der Waals surface area contributed by atoms with Crippen LogP contribution in [0.2, 0.25) is 0 Å². The molecule has 110 valence electrons. The van der Waals surface area contributed by atoms with E-state index in [1.807, 2.05) is 6.92 Å². The molecule has 0 aliphatic carbocycles. The zero-order valence-corrected chi connectivity index (χ0v) is 12.5. The molecule has 5 heteroatoms. The predicted octanol–water partition coefficient (Wildman–Crippen LogP) is 2.27. The van der Waals surface area contributed by atoms with Gasteiger partial charge in [0.15, 0.2) is 0 Å². The second kappa shape index (κ2) is 6.26. The number of carbonyl (C=O) groups excluding carboxylic acids is 1. The van der Waals surface area contributed by atoms with E-state index in [1.54, 1.807) is 16.8 Å². The average Bonchev–Trinajstić information content (AvgIpc) is 2.83. The summed E-state index contributed by atoms with van der Waals surface area (Å²) in [5.74, 6) is -0.318. The van der Waals surface area contributed by atoms with Gasteiger partial charge in [0.1, 0.15) is 0 Å². The van der Waals surface area contributed by atoms with Crippen molar-refractivity contribution in [2.75, 3.05) is 26.7 Å². The minimum atomic E-state index is -0.783. The van der Waals surface area contributed by atoms with E-state index in [-0.39, 0.29) is 6.03 Å². The van der Waals surface area contributed by atoms with E-state index in [9.17, 15) is 14.7 Å². The van der Waals surface area contributed by atoms with Crippen LogP contribution in [0.15, 0.2) is 0 Å². The lowest BCUT2D eigenvalue weighted by Crippen LogP contribution is -2.43. The largest absolute Gasteiger partial charge is 0.481 e. The molecule has 0 spiro atoms. The number of carboxylic acids is 1. The van der Waals surface area contributed by atoms with Crippen molar-refractivity contribution in [2.24, 2.45) is 11.3 Å². The molecular weight excluding hydrogens is 244 g/mol. The van der Waals surface area contributed by atoms with Gasteiger partial charge >= 0.3 is 12.0 Å². The maximum Gasteiger partial charge on any atom is 0.319 e. The lowest BCUT2D eigenvalue weighted by molar-refractivity contribution is -0.148. The Balaban J connectivity index is 2.63. The van der Waals surface area contributed by atoms with Gasteiger partial charge in [-0.3, -0.25) is 4.79 Å². The molecule has 2 amide bonds. The van der Waals surface area contributed by atoms with Crippen molar-refractivity contribution in [3.8, 4) is 0 Å². The molecule has 1 fully saturated rings. The molecule has 1 N–H and O–H groups in total. The molecule has 0 saturated carbocycles. The summed E-state index contributed by atoms with van der Waals surface area (Å²) in [6, 6.07) is -0.0446. The fourth-order valence-corrected chi connectivity index (χ4v) is 2.57. The SMILES string of the molecule is CCC(C)CN(C)C(=O)N1CCC(CC)(C(=O)O)C1. The number of carbonyl (C=O) groups is 2. The van der Waals surface area contributed by atoms with E-state index < -0.39 is 11.4 Å². The first kappa shape index (κ1) is 15.8. The van der Waals surface area contributed by atoms with Crippen LogP contribution >= 0.6 is 0 Å². The van der Waals surface area contributed by atoms with Crippen LogP contribution in [-0.4, -0.2) is 53.6 Å². The van der Waals surface area contributed by atoms with E-state index in [0.29, 0.717) is 31.8 Å². The van der Waals surface area contributed by atoms with Gasteiger partial charge in [-0.25, -0.2) is 4.79 Å². The van der Waals surface area contributed by atoms with Crippen LogP contribution in [0.4, 0.5) is 4.79 Å². The highest BCUT2D eigenvalue weighted by Gasteiger charge is 2.45. The number of likely N-dealkylation sites (tertiary alicyclic amines) is 1. The molecule has 0 aromatic carbocycles. The molecule has 0 aromatic heterocycles. The van der Waals surface area contributed by atoms with E-state index in [2.05, 4.69) is 13.8 Å². The topological polar surface area (TPSA) is 60.9 Å². The van der Waals surface area contributed by atoms with Gasteiger partial charge in [-0.05, 0) is 18.8 Å². The van der Waals surface area contributed by atoms with Crippen molar-refractivity contribution >= 4 is 12.0 Å². The maximum atomic E-state index is 12.3. The highest BCUT2D eigenvalue weighted by atomic mass is 16.4. The van der Waals surface area contributed by atoms with Crippen molar-refractivity contribution in [3.63, 3.8) is 0 Å². The fourth-order valence-electron chi connectivity index (χ4n) is 2.57. The molecule has 1 heterocycles. The number of hydrogen-bond acceptors (Lipinski definition) is 2. The normalized spacial score (nSPS) is 24.3. The summed E-state index contributed by atoms with van der Waals surface area (Å²) in [5, 5.41) is 9.33.